The minimum absolute atomic E-state index is 0.00218. The first-order valence-corrected chi connectivity index (χ1v) is 13.6. The third kappa shape index (κ3) is 5.53. The minimum atomic E-state index is -3.20. The molecule has 0 spiro atoms. The van der Waals surface area contributed by atoms with Crippen LogP contribution in [0.4, 0.5) is 4.79 Å². The normalized spacial score (nSPS) is 36.6. The number of carbonyl (C=O) groups excluding carboxylic acids is 2. The van der Waals surface area contributed by atoms with Crippen molar-refractivity contribution in [1.82, 2.24) is 14.5 Å². The topological polar surface area (TPSA) is 96.0 Å². The number of carbonyl (C=O) groups is 2. The van der Waals surface area contributed by atoms with E-state index in [1.807, 2.05) is 23.6 Å². The van der Waals surface area contributed by atoms with Crippen molar-refractivity contribution in [2.75, 3.05) is 19.4 Å². The molecule has 31 heavy (non-hydrogen) atoms. The number of nitrogens with zero attached hydrogens (tertiary/aromatic N) is 2. The standard InChI is InChI=1S/C22H39N3O5S/c1-6-30-22(27)24-13-15(3)25(16(4)26)20-10-8-18(12-21(20)24)17-7-9-19(14(2)11-17)23-31(5,28)29/h14-15,17-21,23H,6-13H2,1-5H3/t14?,15-,17?,18?,19?,20?,21?/m0/s1. The predicted octanol–water partition coefficient (Wildman–Crippen LogP) is 2.59. The Bertz CT molecular complexity index is 773. The summed E-state index contributed by atoms with van der Waals surface area (Å²) in [4.78, 5) is 28.9. The summed E-state index contributed by atoms with van der Waals surface area (Å²) in [7, 11) is -3.20. The molecule has 178 valence electrons. The third-order valence-corrected chi connectivity index (χ3v) is 8.35. The van der Waals surface area contributed by atoms with Gasteiger partial charge in [0.05, 0.1) is 24.9 Å². The van der Waals surface area contributed by atoms with Gasteiger partial charge in [0.1, 0.15) is 0 Å². The van der Waals surface area contributed by atoms with Crippen molar-refractivity contribution in [2.45, 2.75) is 90.4 Å². The first-order chi connectivity index (χ1) is 14.5. The second-order valence-corrected chi connectivity index (χ2v) is 11.7. The molecule has 0 aromatic carbocycles. The van der Waals surface area contributed by atoms with Crippen molar-refractivity contribution in [1.29, 1.82) is 0 Å². The molecular weight excluding hydrogens is 418 g/mol. The quantitative estimate of drug-likeness (QED) is 0.700. The largest absolute Gasteiger partial charge is 0.450 e. The van der Waals surface area contributed by atoms with Crippen LogP contribution in [-0.2, 0) is 19.6 Å². The van der Waals surface area contributed by atoms with Crippen LogP contribution >= 0.6 is 0 Å². The van der Waals surface area contributed by atoms with Crippen LogP contribution < -0.4 is 4.72 Å². The summed E-state index contributed by atoms with van der Waals surface area (Å²) >= 11 is 0. The van der Waals surface area contributed by atoms with E-state index < -0.39 is 10.0 Å². The number of ether oxygens (including phenoxy) is 1. The van der Waals surface area contributed by atoms with Crippen LogP contribution in [0, 0.1) is 17.8 Å². The maximum absolute atomic E-state index is 12.7. The van der Waals surface area contributed by atoms with Crippen molar-refractivity contribution >= 4 is 22.0 Å². The first-order valence-electron chi connectivity index (χ1n) is 11.7. The van der Waals surface area contributed by atoms with Gasteiger partial charge in [-0.15, -0.1) is 0 Å². The van der Waals surface area contributed by atoms with Crippen molar-refractivity contribution in [3.05, 3.63) is 0 Å². The molecular formula is C22H39N3O5S. The molecule has 0 radical (unpaired) electrons. The van der Waals surface area contributed by atoms with E-state index in [0.29, 0.717) is 25.0 Å². The van der Waals surface area contributed by atoms with Gasteiger partial charge in [-0.3, -0.25) is 4.79 Å². The fraction of sp³-hybridized carbons (Fsp3) is 0.909. The highest BCUT2D eigenvalue weighted by molar-refractivity contribution is 7.88. The van der Waals surface area contributed by atoms with E-state index >= 15 is 0 Å². The third-order valence-electron chi connectivity index (χ3n) is 7.62. The number of hydrogen-bond donors (Lipinski definition) is 1. The van der Waals surface area contributed by atoms with Crippen molar-refractivity contribution in [3.8, 4) is 0 Å². The minimum Gasteiger partial charge on any atom is -0.450 e. The summed E-state index contributed by atoms with van der Waals surface area (Å²) in [5.74, 6) is 1.35. The number of hydrogen-bond acceptors (Lipinski definition) is 5. The highest BCUT2D eigenvalue weighted by Gasteiger charge is 2.48. The molecule has 7 atom stereocenters. The van der Waals surface area contributed by atoms with Crippen molar-refractivity contribution in [3.63, 3.8) is 0 Å². The number of rotatable bonds is 4. The molecule has 1 heterocycles. The first kappa shape index (κ1) is 24.3. The number of sulfonamides is 1. The smallest absolute Gasteiger partial charge is 0.410 e. The van der Waals surface area contributed by atoms with Crippen LogP contribution in [0.5, 0.6) is 0 Å². The molecule has 0 aromatic heterocycles. The highest BCUT2D eigenvalue weighted by atomic mass is 32.2. The number of fused-ring (bicyclic) bond motifs is 1. The molecule has 2 amide bonds. The zero-order valence-corrected chi connectivity index (χ0v) is 20.4. The van der Waals surface area contributed by atoms with E-state index in [1.54, 1.807) is 6.92 Å². The molecule has 0 bridgehead atoms. The summed E-state index contributed by atoms with van der Waals surface area (Å²) < 4.78 is 31.5. The Hall–Kier alpha value is -1.35. The average molecular weight is 458 g/mol. The number of amides is 2. The van der Waals surface area contributed by atoms with Crippen LogP contribution in [0.1, 0.15) is 66.2 Å². The van der Waals surface area contributed by atoms with Gasteiger partial charge in [-0.05, 0) is 70.1 Å². The van der Waals surface area contributed by atoms with E-state index in [1.165, 1.54) is 6.26 Å². The molecule has 3 aliphatic rings. The van der Waals surface area contributed by atoms with E-state index in [9.17, 15) is 18.0 Å². The highest BCUT2D eigenvalue weighted by Crippen LogP contribution is 2.44. The zero-order chi connectivity index (χ0) is 22.9. The molecule has 1 aliphatic heterocycles. The number of piperazine rings is 1. The molecule has 1 saturated heterocycles. The second-order valence-electron chi connectivity index (χ2n) is 9.88. The molecule has 3 rings (SSSR count). The maximum Gasteiger partial charge on any atom is 0.410 e. The molecule has 0 aromatic rings. The van der Waals surface area contributed by atoms with Gasteiger partial charge in [-0.1, -0.05) is 6.92 Å². The van der Waals surface area contributed by atoms with E-state index in [4.69, 9.17) is 4.74 Å². The molecule has 6 unspecified atom stereocenters. The number of nitrogens with one attached hydrogen (secondary N) is 1. The summed E-state index contributed by atoms with van der Waals surface area (Å²) in [5.41, 5.74) is 0. The molecule has 2 aliphatic carbocycles. The fourth-order valence-electron chi connectivity index (χ4n) is 6.36. The zero-order valence-electron chi connectivity index (χ0n) is 19.5. The lowest BCUT2D eigenvalue weighted by molar-refractivity contribution is -0.142. The van der Waals surface area contributed by atoms with Gasteiger partial charge < -0.3 is 14.5 Å². The van der Waals surface area contributed by atoms with Gasteiger partial charge >= 0.3 is 6.09 Å². The summed E-state index contributed by atoms with van der Waals surface area (Å²) in [6.45, 7) is 8.43. The maximum atomic E-state index is 12.7. The van der Waals surface area contributed by atoms with Gasteiger partial charge in [0.15, 0.2) is 0 Å². The van der Waals surface area contributed by atoms with Gasteiger partial charge in [0.25, 0.3) is 0 Å². The second kappa shape index (κ2) is 9.65. The fourth-order valence-corrected chi connectivity index (χ4v) is 7.26. The molecule has 3 fully saturated rings. The Balaban J connectivity index is 1.72. The van der Waals surface area contributed by atoms with Crippen molar-refractivity contribution < 1.29 is 22.7 Å². The Labute approximate surface area is 187 Å². The molecule has 8 nitrogen and oxygen atoms in total. The van der Waals surface area contributed by atoms with E-state index in [0.717, 1.165) is 38.5 Å². The van der Waals surface area contributed by atoms with Crippen molar-refractivity contribution in [2.24, 2.45) is 17.8 Å². The SMILES string of the molecule is CCOC(=O)N1C[C@H](C)N(C(C)=O)C2CCC(C3CCC(NS(C)(=O)=O)C(C)C3)CC21. The van der Waals surface area contributed by atoms with E-state index in [-0.39, 0.29) is 42.1 Å². The summed E-state index contributed by atoms with van der Waals surface area (Å²) in [6, 6.07) is 0.0160. The van der Waals surface area contributed by atoms with Gasteiger partial charge in [0.2, 0.25) is 15.9 Å². The Kier molecular flexibility index (Phi) is 7.56. The van der Waals surface area contributed by atoms with Crippen LogP contribution in [0.3, 0.4) is 0 Å². The molecule has 1 N–H and O–H groups in total. The Morgan fingerprint density at radius 3 is 2.26 bits per heavy atom. The Morgan fingerprint density at radius 1 is 1.03 bits per heavy atom. The average Bonchev–Trinajstić information content (AvgIpc) is 2.67. The lowest BCUT2D eigenvalue weighted by Gasteiger charge is -2.54. The molecule has 2 saturated carbocycles. The molecule has 9 heteroatoms. The lowest BCUT2D eigenvalue weighted by atomic mass is 9.67. The summed E-state index contributed by atoms with van der Waals surface area (Å²) in [6.07, 6.45) is 6.59. The van der Waals surface area contributed by atoms with Crippen LogP contribution in [0.15, 0.2) is 0 Å². The van der Waals surface area contributed by atoms with Crippen LogP contribution in [-0.4, -0.2) is 73.8 Å². The Morgan fingerprint density at radius 2 is 1.68 bits per heavy atom. The van der Waals surface area contributed by atoms with Crippen LogP contribution in [0.2, 0.25) is 0 Å². The van der Waals surface area contributed by atoms with E-state index in [2.05, 4.69) is 11.6 Å². The monoisotopic (exact) mass is 457 g/mol. The predicted molar refractivity (Wildman–Crippen MR) is 119 cm³/mol. The van der Waals surface area contributed by atoms with Gasteiger partial charge in [-0.25, -0.2) is 17.9 Å². The van der Waals surface area contributed by atoms with Gasteiger partial charge in [0, 0.05) is 25.6 Å². The van der Waals surface area contributed by atoms with Crippen LogP contribution in [0.25, 0.3) is 0 Å². The summed E-state index contributed by atoms with van der Waals surface area (Å²) in [5, 5.41) is 0. The lowest BCUT2D eigenvalue weighted by Crippen LogP contribution is -2.67. The van der Waals surface area contributed by atoms with Gasteiger partial charge in [-0.2, -0.15) is 0 Å².